The number of hydrogen-bond acceptors (Lipinski definition) is 6. The molecule has 1 amide bonds. The summed E-state index contributed by atoms with van der Waals surface area (Å²) >= 11 is 5.51. The van der Waals surface area contributed by atoms with Crippen LogP contribution < -0.4 is 5.32 Å². The first kappa shape index (κ1) is 20.1. The number of carbonyl (C=O) groups excluding carboxylic acids is 1. The van der Waals surface area contributed by atoms with E-state index in [1.807, 2.05) is 0 Å². The van der Waals surface area contributed by atoms with Gasteiger partial charge in [-0.15, -0.1) is 0 Å². The molecule has 1 aromatic heterocycles. The van der Waals surface area contributed by atoms with Crippen LogP contribution in [0.25, 0.3) is 11.0 Å². The van der Waals surface area contributed by atoms with E-state index >= 15 is 0 Å². The summed E-state index contributed by atoms with van der Waals surface area (Å²) in [7, 11) is -3.91. The first-order valence-corrected chi connectivity index (χ1v) is 9.71. The average molecular weight is 434 g/mol. The van der Waals surface area contributed by atoms with E-state index < -0.39 is 44.7 Å². The molecule has 0 atom stereocenters. The van der Waals surface area contributed by atoms with Crippen molar-refractivity contribution < 1.29 is 31.0 Å². The molecule has 0 aliphatic carbocycles. The number of nitrogens with one attached hydrogen (secondary N) is 1. The van der Waals surface area contributed by atoms with Gasteiger partial charge in [0.2, 0.25) is 5.91 Å². The summed E-state index contributed by atoms with van der Waals surface area (Å²) in [6, 6.07) is 7.12. The Balaban J connectivity index is 1.72. The molecule has 0 radical (unpaired) electrons. The molecule has 148 valence electrons. The predicted molar refractivity (Wildman–Crippen MR) is 93.6 cm³/mol. The van der Waals surface area contributed by atoms with Crippen molar-refractivity contribution >= 4 is 44.1 Å². The monoisotopic (exact) mass is 433 g/mol. The molecule has 2 aromatic carbocycles. The number of halogens is 4. The van der Waals surface area contributed by atoms with Gasteiger partial charge in [-0.05, 0) is 40.6 Å². The van der Waals surface area contributed by atoms with Crippen LogP contribution in [0.1, 0.15) is 12.0 Å². The SMILES string of the molecule is O=C(CCS(=O)(=O)c1cccc2nonc12)Nc1ccc(Cl)c(C(F)(F)F)c1. The second-order valence-electron chi connectivity index (χ2n) is 5.70. The van der Waals surface area contributed by atoms with E-state index in [0.717, 1.165) is 6.07 Å². The highest BCUT2D eigenvalue weighted by atomic mass is 35.5. The van der Waals surface area contributed by atoms with Gasteiger partial charge in [-0.1, -0.05) is 17.7 Å². The third-order valence-corrected chi connectivity index (χ3v) is 5.81. The molecule has 28 heavy (non-hydrogen) atoms. The molecule has 0 spiro atoms. The number of sulfone groups is 1. The van der Waals surface area contributed by atoms with Crippen molar-refractivity contribution in [2.24, 2.45) is 0 Å². The van der Waals surface area contributed by atoms with Crippen LogP contribution in [0.5, 0.6) is 0 Å². The van der Waals surface area contributed by atoms with Crippen LogP contribution in [0, 0.1) is 0 Å². The van der Waals surface area contributed by atoms with E-state index in [1.54, 1.807) is 0 Å². The van der Waals surface area contributed by atoms with Gasteiger partial charge in [0.25, 0.3) is 0 Å². The molecule has 0 saturated heterocycles. The van der Waals surface area contributed by atoms with Crippen molar-refractivity contribution in [1.82, 2.24) is 10.3 Å². The Morgan fingerprint density at radius 1 is 1.18 bits per heavy atom. The van der Waals surface area contributed by atoms with Crippen LogP contribution in [0.4, 0.5) is 18.9 Å². The number of nitrogens with zero attached hydrogens (tertiary/aromatic N) is 2. The van der Waals surface area contributed by atoms with Crippen LogP contribution in [0.3, 0.4) is 0 Å². The van der Waals surface area contributed by atoms with E-state index in [4.69, 9.17) is 11.6 Å². The normalized spacial score (nSPS) is 12.3. The van der Waals surface area contributed by atoms with Crippen molar-refractivity contribution in [2.45, 2.75) is 17.5 Å². The number of hydrogen-bond donors (Lipinski definition) is 1. The lowest BCUT2D eigenvalue weighted by Gasteiger charge is -2.12. The number of aromatic nitrogens is 2. The molecule has 0 aliphatic heterocycles. The molecule has 1 N–H and O–H groups in total. The molecule has 0 unspecified atom stereocenters. The lowest BCUT2D eigenvalue weighted by atomic mass is 10.2. The summed E-state index contributed by atoms with van der Waals surface area (Å²) in [5.74, 6) is -1.35. The van der Waals surface area contributed by atoms with E-state index in [9.17, 15) is 26.4 Å². The standard InChI is InChI=1S/C16H11ClF3N3O4S/c17-11-5-4-9(8-10(11)16(18,19)20)21-14(24)6-7-28(25,26)13-3-1-2-12-15(13)23-27-22-12/h1-5,8H,6-7H2,(H,21,24). The number of carbonyl (C=O) groups is 1. The second-order valence-corrected chi connectivity index (χ2v) is 8.18. The van der Waals surface area contributed by atoms with Crippen LogP contribution >= 0.6 is 11.6 Å². The molecule has 1 heterocycles. The number of anilines is 1. The van der Waals surface area contributed by atoms with Gasteiger partial charge in [-0.3, -0.25) is 4.79 Å². The van der Waals surface area contributed by atoms with E-state index in [-0.39, 0.29) is 21.6 Å². The predicted octanol–water partition coefficient (Wildman–Crippen LogP) is 3.70. The highest BCUT2D eigenvalue weighted by molar-refractivity contribution is 7.91. The maximum Gasteiger partial charge on any atom is 0.417 e. The fraction of sp³-hybridized carbons (Fsp3) is 0.188. The maximum atomic E-state index is 12.9. The smallest absolute Gasteiger partial charge is 0.326 e. The minimum Gasteiger partial charge on any atom is -0.326 e. The molecule has 0 bridgehead atoms. The van der Waals surface area contributed by atoms with Gasteiger partial charge in [-0.25, -0.2) is 13.0 Å². The van der Waals surface area contributed by atoms with Crippen molar-refractivity contribution in [2.75, 3.05) is 11.1 Å². The third-order valence-electron chi connectivity index (χ3n) is 3.74. The van der Waals surface area contributed by atoms with Gasteiger partial charge in [0.15, 0.2) is 15.4 Å². The fourth-order valence-corrected chi connectivity index (χ4v) is 4.03. The van der Waals surface area contributed by atoms with Gasteiger partial charge in [-0.2, -0.15) is 13.2 Å². The molecular weight excluding hydrogens is 423 g/mol. The minimum absolute atomic E-state index is 0.0374. The first-order chi connectivity index (χ1) is 13.1. The van der Waals surface area contributed by atoms with Gasteiger partial charge >= 0.3 is 6.18 Å². The van der Waals surface area contributed by atoms with Crippen molar-refractivity contribution in [1.29, 1.82) is 0 Å². The Kier molecular flexibility index (Phi) is 5.31. The number of rotatable bonds is 5. The molecule has 3 rings (SSSR count). The number of fused-ring (bicyclic) bond motifs is 1. The minimum atomic E-state index is -4.69. The zero-order valence-corrected chi connectivity index (χ0v) is 15.4. The number of amides is 1. The summed E-state index contributed by atoms with van der Waals surface area (Å²) in [6.07, 6.45) is -5.17. The van der Waals surface area contributed by atoms with Crippen molar-refractivity contribution in [3.63, 3.8) is 0 Å². The molecule has 0 saturated carbocycles. The van der Waals surface area contributed by atoms with Gasteiger partial charge in [0.05, 0.1) is 21.2 Å². The Hall–Kier alpha value is -2.66. The quantitative estimate of drug-likeness (QED) is 0.658. The molecule has 12 heteroatoms. The summed E-state index contributed by atoms with van der Waals surface area (Å²) < 4.78 is 68.1. The number of benzene rings is 2. The van der Waals surface area contributed by atoms with Crippen molar-refractivity contribution in [3.05, 3.63) is 47.0 Å². The Labute approximate surface area is 161 Å². The maximum absolute atomic E-state index is 12.9. The van der Waals surface area contributed by atoms with E-state index in [1.165, 1.54) is 24.3 Å². The summed E-state index contributed by atoms with van der Waals surface area (Å²) in [4.78, 5) is 11.9. The van der Waals surface area contributed by atoms with E-state index in [2.05, 4.69) is 20.3 Å². The van der Waals surface area contributed by atoms with Gasteiger partial charge < -0.3 is 5.32 Å². The van der Waals surface area contributed by atoms with Crippen molar-refractivity contribution in [3.8, 4) is 0 Å². The zero-order chi connectivity index (χ0) is 20.5. The van der Waals surface area contributed by atoms with Crippen LogP contribution in [-0.2, 0) is 20.8 Å². The van der Waals surface area contributed by atoms with Crippen LogP contribution in [0.2, 0.25) is 5.02 Å². The molecule has 0 aliphatic rings. The summed E-state index contributed by atoms with van der Waals surface area (Å²) in [6.45, 7) is 0. The average Bonchev–Trinajstić information content (AvgIpc) is 3.09. The molecular formula is C16H11ClF3N3O4S. The topological polar surface area (TPSA) is 102 Å². The highest BCUT2D eigenvalue weighted by Gasteiger charge is 2.33. The van der Waals surface area contributed by atoms with Crippen LogP contribution in [0.15, 0.2) is 45.9 Å². The summed E-state index contributed by atoms with van der Waals surface area (Å²) in [5.41, 5.74) is -0.978. The Morgan fingerprint density at radius 3 is 2.64 bits per heavy atom. The lowest BCUT2D eigenvalue weighted by Crippen LogP contribution is -2.18. The molecule has 3 aromatic rings. The number of alkyl halides is 3. The third kappa shape index (κ3) is 4.25. The largest absolute Gasteiger partial charge is 0.417 e. The van der Waals surface area contributed by atoms with Gasteiger partial charge in [0.1, 0.15) is 5.52 Å². The fourth-order valence-electron chi connectivity index (χ4n) is 2.41. The Bertz CT molecular complexity index is 1150. The van der Waals surface area contributed by atoms with Crippen LogP contribution in [-0.4, -0.2) is 30.4 Å². The van der Waals surface area contributed by atoms with Gasteiger partial charge in [0, 0.05) is 12.1 Å². The first-order valence-electron chi connectivity index (χ1n) is 7.68. The zero-order valence-electron chi connectivity index (χ0n) is 13.8. The Morgan fingerprint density at radius 2 is 1.93 bits per heavy atom. The lowest BCUT2D eigenvalue weighted by molar-refractivity contribution is -0.137. The highest BCUT2D eigenvalue weighted by Crippen LogP contribution is 2.36. The molecule has 0 fully saturated rings. The second kappa shape index (κ2) is 7.40. The molecule has 7 nitrogen and oxygen atoms in total. The van der Waals surface area contributed by atoms with E-state index in [0.29, 0.717) is 6.07 Å². The summed E-state index contributed by atoms with van der Waals surface area (Å²) in [5, 5.41) is 8.80.